The molecule has 0 spiro atoms. The molecule has 5 rings (SSSR count). The molecule has 0 radical (unpaired) electrons. The highest BCUT2D eigenvalue weighted by Crippen LogP contribution is 2.30. The normalized spacial score (nSPS) is 10.6. The molecule has 14 nitrogen and oxygen atoms in total. The third-order valence-electron chi connectivity index (χ3n) is 8.15. The number of hydrogen-bond donors (Lipinski definition) is 1. The summed E-state index contributed by atoms with van der Waals surface area (Å²) in [5, 5.41) is 0. The number of esters is 3. The lowest BCUT2D eigenvalue weighted by Crippen LogP contribution is -2.08. The van der Waals surface area contributed by atoms with Gasteiger partial charge in [0.15, 0.2) is 0 Å². The Kier molecular flexibility index (Phi) is 15.5. The number of carbonyl (C=O) groups is 3. The van der Waals surface area contributed by atoms with Crippen molar-refractivity contribution in [1.82, 2.24) is 15.0 Å². The third kappa shape index (κ3) is 14.0. The third-order valence-corrected chi connectivity index (χ3v) is 8.15. The van der Waals surface area contributed by atoms with Crippen molar-refractivity contribution in [2.45, 2.75) is 59.3 Å². The van der Waals surface area contributed by atoms with Crippen molar-refractivity contribution in [2.75, 3.05) is 18.9 Å². The highest BCUT2D eigenvalue weighted by atomic mass is 16.6. The van der Waals surface area contributed by atoms with Crippen LogP contribution >= 0.6 is 0 Å². The number of aromatic nitrogens is 3. The van der Waals surface area contributed by atoms with Crippen LogP contribution in [0.25, 0.3) is 0 Å². The van der Waals surface area contributed by atoms with Gasteiger partial charge >= 0.3 is 35.9 Å². The van der Waals surface area contributed by atoms with Crippen molar-refractivity contribution >= 4 is 23.6 Å². The molecule has 4 aromatic carbocycles. The first kappa shape index (κ1) is 42.9. The van der Waals surface area contributed by atoms with E-state index in [2.05, 4.69) is 35.0 Å². The van der Waals surface area contributed by atoms with Gasteiger partial charge in [-0.05, 0) is 143 Å². The van der Waals surface area contributed by atoms with E-state index in [9.17, 15) is 14.4 Å². The quantitative estimate of drug-likeness (QED) is 0.0243. The molecule has 0 unspecified atom stereocenters. The van der Waals surface area contributed by atoms with Gasteiger partial charge in [0.1, 0.15) is 34.5 Å². The summed E-state index contributed by atoms with van der Waals surface area (Å²) in [7, 11) is 0. The fourth-order valence-electron chi connectivity index (χ4n) is 5.10. The minimum absolute atomic E-state index is 0.133. The summed E-state index contributed by atoms with van der Waals surface area (Å²) >= 11 is 0. The summed E-state index contributed by atoms with van der Waals surface area (Å²) < 4.78 is 39.6. The van der Waals surface area contributed by atoms with Crippen molar-refractivity contribution in [3.8, 4) is 52.5 Å². The van der Waals surface area contributed by atoms with E-state index in [0.717, 1.165) is 37.7 Å². The number of nitrogen functional groups attached to an aromatic ring is 1. The van der Waals surface area contributed by atoms with Gasteiger partial charge in [-0.2, -0.15) is 0 Å². The number of nitrogens with zero attached hydrogens (tertiary/aromatic N) is 3. The highest BCUT2D eigenvalue weighted by molar-refractivity contribution is 5.91. The Morgan fingerprint density at radius 3 is 1.47 bits per heavy atom. The molecular weight excluding hydrogens is 757 g/mol. The van der Waals surface area contributed by atoms with Gasteiger partial charge in [-0.15, -0.1) is 15.0 Å². The molecule has 2 N–H and O–H groups in total. The van der Waals surface area contributed by atoms with Gasteiger partial charge in [0.25, 0.3) is 0 Å². The number of nitrogens with two attached hydrogens (primary N) is 1. The van der Waals surface area contributed by atoms with Gasteiger partial charge in [0.05, 0.1) is 18.8 Å². The van der Waals surface area contributed by atoms with E-state index < -0.39 is 11.9 Å². The van der Waals surface area contributed by atoms with Crippen LogP contribution in [-0.4, -0.2) is 46.1 Å². The maximum absolute atomic E-state index is 12.6. The van der Waals surface area contributed by atoms with Crippen LogP contribution in [0.1, 0.15) is 68.8 Å². The molecule has 0 aliphatic carbocycles. The Morgan fingerprint density at radius 2 is 1.02 bits per heavy atom. The van der Waals surface area contributed by atoms with Gasteiger partial charge in [0, 0.05) is 16.8 Å². The Hall–Kier alpha value is -7.22. The average Bonchev–Trinajstić information content (AvgIpc) is 3.21. The predicted octanol–water partition coefficient (Wildman–Crippen LogP) is 9.54. The molecule has 0 amide bonds. The van der Waals surface area contributed by atoms with E-state index in [0.29, 0.717) is 65.4 Å². The molecule has 14 heteroatoms. The van der Waals surface area contributed by atoms with Crippen molar-refractivity contribution < 1.29 is 47.5 Å². The number of rotatable bonds is 21. The van der Waals surface area contributed by atoms with Crippen LogP contribution in [0.2, 0.25) is 0 Å². The summed E-state index contributed by atoms with van der Waals surface area (Å²) in [6.07, 6.45) is 5.23. The predicted molar refractivity (Wildman–Crippen MR) is 219 cm³/mol. The minimum atomic E-state index is -0.555. The Balaban J connectivity index is 1.16. The van der Waals surface area contributed by atoms with E-state index in [-0.39, 0.29) is 35.1 Å². The molecule has 0 aliphatic rings. The second-order valence-corrected chi connectivity index (χ2v) is 13.4. The number of unbranched alkanes of at least 4 members (excludes halogenated alkanes) is 3. The lowest BCUT2D eigenvalue weighted by Gasteiger charge is -2.11. The second kappa shape index (κ2) is 21.3. The largest absolute Gasteiger partial charge is 0.494 e. The highest BCUT2D eigenvalue weighted by Gasteiger charge is 2.15. The molecule has 0 atom stereocenters. The topological polar surface area (TPSA) is 181 Å². The van der Waals surface area contributed by atoms with Gasteiger partial charge in [-0.25, -0.2) is 14.4 Å². The van der Waals surface area contributed by atoms with Crippen LogP contribution < -0.4 is 34.2 Å². The SMILES string of the molecule is C=C(C)C(=O)Oc1ccc(Oc2nc(Oc3ccc(OCCCCCOC(=O)c4cc(N)cc(CCCC)c4)cc3)nc(Oc3ccc(OC(=O)C(=C)C)cc3)n2)cc1. The van der Waals surface area contributed by atoms with Crippen molar-refractivity contribution in [3.63, 3.8) is 0 Å². The lowest BCUT2D eigenvalue weighted by molar-refractivity contribution is -0.130. The summed E-state index contributed by atoms with van der Waals surface area (Å²) in [5.41, 5.74) is 8.59. The van der Waals surface area contributed by atoms with Crippen molar-refractivity contribution in [2.24, 2.45) is 0 Å². The fraction of sp³-hybridized carbons (Fsp3) is 0.244. The van der Waals surface area contributed by atoms with Crippen LogP contribution in [0.3, 0.4) is 0 Å². The molecule has 0 saturated heterocycles. The number of ether oxygens (including phenoxy) is 7. The van der Waals surface area contributed by atoms with Crippen molar-refractivity contribution in [3.05, 3.63) is 126 Å². The molecule has 1 heterocycles. The zero-order valence-corrected chi connectivity index (χ0v) is 33.2. The first-order chi connectivity index (χ1) is 28.4. The molecular formula is C45H46N4O10. The van der Waals surface area contributed by atoms with E-state index in [1.807, 2.05) is 12.1 Å². The molecule has 59 heavy (non-hydrogen) atoms. The average molecular weight is 803 g/mol. The Bertz CT molecular complexity index is 2150. The molecule has 0 bridgehead atoms. The molecule has 306 valence electrons. The zero-order valence-electron chi connectivity index (χ0n) is 33.2. The van der Waals surface area contributed by atoms with Crippen LogP contribution in [0.15, 0.2) is 115 Å². The van der Waals surface area contributed by atoms with Crippen molar-refractivity contribution in [1.29, 1.82) is 0 Å². The van der Waals surface area contributed by atoms with Gasteiger partial charge < -0.3 is 38.9 Å². The standard InChI is InChI=1S/C45H46N4O10/c1-6-7-11-31-26-32(28-33(46)27-31)42(52)54-25-10-8-9-24-53-34-12-14-37(15-13-34)57-43-47-44(58-38-20-16-35(17-21-38)55-40(50)29(2)3)49-45(48-43)59-39-22-18-36(19-23-39)56-41(51)30(4)5/h12-23,26-28H,2,4,6-11,24-25,46H2,1,3,5H3. The smallest absolute Gasteiger partial charge is 0.338 e. The number of hydrogen-bond acceptors (Lipinski definition) is 14. The monoisotopic (exact) mass is 802 g/mol. The zero-order chi connectivity index (χ0) is 42.1. The van der Waals surface area contributed by atoms with E-state index in [4.69, 9.17) is 38.9 Å². The van der Waals surface area contributed by atoms with E-state index in [1.165, 1.54) is 0 Å². The summed E-state index contributed by atoms with van der Waals surface area (Å²) in [4.78, 5) is 49.2. The van der Waals surface area contributed by atoms with Gasteiger partial charge in [-0.3, -0.25) is 0 Å². The van der Waals surface area contributed by atoms with E-state index in [1.54, 1.807) is 92.7 Å². The Morgan fingerprint density at radius 1 is 0.576 bits per heavy atom. The van der Waals surface area contributed by atoms with Crippen LogP contribution in [0.5, 0.6) is 52.5 Å². The first-order valence-electron chi connectivity index (χ1n) is 19.0. The maximum atomic E-state index is 12.6. The number of aryl methyl sites for hydroxylation is 1. The van der Waals surface area contributed by atoms with E-state index >= 15 is 0 Å². The summed E-state index contributed by atoms with van der Waals surface area (Å²) in [6, 6.07) is 24.3. The Labute approximate surface area is 342 Å². The van der Waals surface area contributed by atoms with Crippen LogP contribution in [0.4, 0.5) is 5.69 Å². The maximum Gasteiger partial charge on any atom is 0.338 e. The number of benzene rings is 4. The molecule has 0 saturated carbocycles. The molecule has 0 fully saturated rings. The molecule has 1 aromatic heterocycles. The van der Waals surface area contributed by atoms with Gasteiger partial charge in [-0.1, -0.05) is 26.5 Å². The minimum Gasteiger partial charge on any atom is -0.494 e. The van der Waals surface area contributed by atoms with Gasteiger partial charge in [0.2, 0.25) is 0 Å². The van der Waals surface area contributed by atoms with Crippen LogP contribution in [0, 0.1) is 0 Å². The number of carbonyl (C=O) groups excluding carboxylic acids is 3. The lowest BCUT2D eigenvalue weighted by atomic mass is 10.0. The fourth-order valence-corrected chi connectivity index (χ4v) is 5.10. The molecule has 0 aliphatic heterocycles. The summed E-state index contributed by atoms with van der Waals surface area (Å²) in [6.45, 7) is 13.2. The summed E-state index contributed by atoms with van der Waals surface area (Å²) in [5.74, 6) is 0.775. The second-order valence-electron chi connectivity index (χ2n) is 13.4. The molecule has 5 aromatic rings. The van der Waals surface area contributed by atoms with Crippen LogP contribution in [-0.2, 0) is 20.7 Å². The number of anilines is 1. The first-order valence-corrected chi connectivity index (χ1v) is 19.0.